The molecule has 3 saturated carbocycles. The highest BCUT2D eigenvalue weighted by molar-refractivity contribution is 5.88. The Kier molecular flexibility index (Phi) is 5.65. The van der Waals surface area contributed by atoms with Gasteiger partial charge in [-0.3, -0.25) is 4.79 Å². The van der Waals surface area contributed by atoms with Crippen molar-refractivity contribution in [2.75, 3.05) is 11.1 Å². The summed E-state index contributed by atoms with van der Waals surface area (Å²) in [6, 6.07) is 4.29. The number of aryl methyl sites for hydroxylation is 1. The highest BCUT2D eigenvalue weighted by Gasteiger charge is 2.47. The highest BCUT2D eigenvalue weighted by Crippen LogP contribution is 2.55. The molecule has 2 heterocycles. The minimum Gasteiger partial charge on any atom is -0.399 e. The molecular weight excluding hydrogens is 467 g/mol. The zero-order valence-corrected chi connectivity index (χ0v) is 20.5. The average Bonchev–Trinajstić information content (AvgIpc) is 2.81. The van der Waals surface area contributed by atoms with Crippen molar-refractivity contribution in [2.45, 2.75) is 70.1 Å². The van der Waals surface area contributed by atoms with Crippen LogP contribution in [-0.2, 0) is 11.7 Å². The fourth-order valence-corrected chi connectivity index (χ4v) is 5.86. The van der Waals surface area contributed by atoms with E-state index in [2.05, 4.69) is 28.8 Å². The van der Waals surface area contributed by atoms with E-state index in [1.54, 1.807) is 6.92 Å². The number of alkyl halides is 3. The molecule has 3 aliphatic rings. The molecule has 3 N–H and O–H groups in total. The van der Waals surface area contributed by atoms with Crippen LogP contribution >= 0.6 is 0 Å². The SMILES string of the molecule is C=CC(Nc1nc(C)nc2cc(=O)n(C34CCC(C)(CC3)CC4)cc12)c1cc(N)cc(C(F)(F)F)c1. The summed E-state index contributed by atoms with van der Waals surface area (Å²) >= 11 is 0. The van der Waals surface area contributed by atoms with E-state index in [0.717, 1.165) is 50.7 Å². The molecule has 190 valence electrons. The Morgan fingerprint density at radius 3 is 2.39 bits per heavy atom. The quantitative estimate of drug-likeness (QED) is 0.328. The van der Waals surface area contributed by atoms with Crippen LogP contribution in [0, 0.1) is 12.3 Å². The van der Waals surface area contributed by atoms with Crippen LogP contribution in [-0.4, -0.2) is 14.5 Å². The molecule has 1 aromatic carbocycles. The number of nitrogen functional groups attached to an aromatic ring is 1. The molecule has 36 heavy (non-hydrogen) atoms. The van der Waals surface area contributed by atoms with Gasteiger partial charge in [-0.05, 0) is 74.6 Å². The van der Waals surface area contributed by atoms with Crippen LogP contribution < -0.4 is 16.6 Å². The van der Waals surface area contributed by atoms with E-state index in [9.17, 15) is 18.0 Å². The number of rotatable bonds is 5. The minimum absolute atomic E-state index is 0.00624. The Bertz CT molecular complexity index is 1390. The van der Waals surface area contributed by atoms with Crippen LogP contribution in [0.2, 0.25) is 0 Å². The van der Waals surface area contributed by atoms with Crippen molar-refractivity contribution in [1.82, 2.24) is 14.5 Å². The topological polar surface area (TPSA) is 85.8 Å². The van der Waals surface area contributed by atoms with Gasteiger partial charge in [0.05, 0.1) is 22.5 Å². The van der Waals surface area contributed by atoms with E-state index in [1.807, 2.05) is 10.8 Å². The third-order valence-corrected chi connectivity index (χ3v) is 8.13. The normalized spacial score (nSPS) is 24.6. The summed E-state index contributed by atoms with van der Waals surface area (Å²) in [5.74, 6) is 0.873. The monoisotopic (exact) mass is 497 g/mol. The molecule has 0 saturated heterocycles. The van der Waals surface area contributed by atoms with Crippen molar-refractivity contribution < 1.29 is 13.2 Å². The van der Waals surface area contributed by atoms with Crippen LogP contribution in [0.15, 0.2) is 47.9 Å². The van der Waals surface area contributed by atoms with Gasteiger partial charge in [-0.25, -0.2) is 9.97 Å². The average molecular weight is 498 g/mol. The van der Waals surface area contributed by atoms with Crippen LogP contribution in [0.5, 0.6) is 0 Å². The predicted octanol–water partition coefficient (Wildman–Crippen LogP) is 6.11. The lowest BCUT2D eigenvalue weighted by Gasteiger charge is -2.52. The van der Waals surface area contributed by atoms with E-state index >= 15 is 0 Å². The summed E-state index contributed by atoms with van der Waals surface area (Å²) in [5, 5.41) is 3.86. The third kappa shape index (κ3) is 4.24. The van der Waals surface area contributed by atoms with Crippen molar-refractivity contribution in [2.24, 2.45) is 5.41 Å². The molecule has 3 aromatic rings. The van der Waals surface area contributed by atoms with Gasteiger partial charge < -0.3 is 15.6 Å². The maximum absolute atomic E-state index is 13.4. The molecule has 1 atom stereocenters. The number of anilines is 2. The Morgan fingerprint density at radius 1 is 1.11 bits per heavy atom. The van der Waals surface area contributed by atoms with Gasteiger partial charge in [0, 0.05) is 23.5 Å². The molecule has 3 aliphatic carbocycles. The summed E-state index contributed by atoms with van der Waals surface area (Å²) in [5.41, 5.74) is 5.82. The number of hydrogen-bond donors (Lipinski definition) is 2. The molecule has 9 heteroatoms. The predicted molar refractivity (Wildman–Crippen MR) is 135 cm³/mol. The van der Waals surface area contributed by atoms with Crippen molar-refractivity contribution >= 4 is 22.4 Å². The van der Waals surface area contributed by atoms with Gasteiger partial charge in [-0.2, -0.15) is 13.2 Å². The first-order chi connectivity index (χ1) is 16.9. The van der Waals surface area contributed by atoms with Crippen molar-refractivity contribution in [1.29, 1.82) is 0 Å². The van der Waals surface area contributed by atoms with E-state index in [0.29, 0.717) is 33.5 Å². The number of fused-ring (bicyclic) bond motifs is 4. The van der Waals surface area contributed by atoms with Gasteiger partial charge in [0.15, 0.2) is 0 Å². The fourth-order valence-electron chi connectivity index (χ4n) is 5.86. The van der Waals surface area contributed by atoms with Gasteiger partial charge in [0.2, 0.25) is 0 Å². The summed E-state index contributed by atoms with van der Waals surface area (Å²) in [4.78, 5) is 22.2. The minimum atomic E-state index is -4.53. The number of halogens is 3. The van der Waals surface area contributed by atoms with E-state index in [-0.39, 0.29) is 16.8 Å². The van der Waals surface area contributed by atoms with Crippen molar-refractivity contribution in [3.63, 3.8) is 0 Å². The fraction of sp³-hybridized carbons (Fsp3) is 0.444. The molecule has 0 amide bonds. The lowest BCUT2D eigenvalue weighted by atomic mass is 9.58. The second-order valence-electron chi connectivity index (χ2n) is 10.7. The highest BCUT2D eigenvalue weighted by atomic mass is 19.4. The number of pyridine rings is 1. The van der Waals surface area contributed by atoms with Gasteiger partial charge in [-0.15, -0.1) is 6.58 Å². The first-order valence-corrected chi connectivity index (χ1v) is 12.2. The number of benzene rings is 1. The van der Waals surface area contributed by atoms with Crippen LogP contribution in [0.25, 0.3) is 10.9 Å². The molecule has 2 bridgehead atoms. The van der Waals surface area contributed by atoms with Crippen molar-refractivity contribution in [3.8, 4) is 0 Å². The molecule has 2 aromatic heterocycles. The number of hydrogen-bond acceptors (Lipinski definition) is 5. The number of aromatic nitrogens is 3. The number of nitrogens with one attached hydrogen (secondary N) is 1. The molecule has 0 radical (unpaired) electrons. The van der Waals surface area contributed by atoms with Gasteiger partial charge >= 0.3 is 6.18 Å². The molecule has 6 nitrogen and oxygen atoms in total. The van der Waals surface area contributed by atoms with Crippen molar-refractivity contribution in [3.05, 3.63) is 70.4 Å². The van der Waals surface area contributed by atoms with Gasteiger partial charge in [0.25, 0.3) is 5.56 Å². The largest absolute Gasteiger partial charge is 0.416 e. The Labute approximate surface area is 207 Å². The van der Waals surface area contributed by atoms with E-state index < -0.39 is 17.8 Å². The summed E-state index contributed by atoms with van der Waals surface area (Å²) in [6.07, 6.45) is 4.91. The number of nitrogens with two attached hydrogens (primary N) is 1. The third-order valence-electron chi connectivity index (χ3n) is 8.13. The Balaban J connectivity index is 1.58. The molecule has 0 spiro atoms. The lowest BCUT2D eigenvalue weighted by molar-refractivity contribution is -0.137. The second-order valence-corrected chi connectivity index (χ2v) is 10.7. The van der Waals surface area contributed by atoms with Crippen LogP contribution in [0.3, 0.4) is 0 Å². The Morgan fingerprint density at radius 2 is 1.78 bits per heavy atom. The molecule has 3 fully saturated rings. The molecule has 1 unspecified atom stereocenters. The first kappa shape index (κ1) is 24.3. The molecule has 0 aliphatic heterocycles. The Hall–Kier alpha value is -3.36. The molecular formula is C27H30F3N5O. The second kappa shape index (κ2) is 8.35. The summed E-state index contributed by atoms with van der Waals surface area (Å²) in [6.45, 7) is 7.85. The summed E-state index contributed by atoms with van der Waals surface area (Å²) in [7, 11) is 0. The maximum Gasteiger partial charge on any atom is 0.416 e. The van der Waals surface area contributed by atoms with Crippen LogP contribution in [0.4, 0.5) is 24.7 Å². The molecule has 6 rings (SSSR count). The van der Waals surface area contributed by atoms with Gasteiger partial charge in [-0.1, -0.05) is 13.0 Å². The standard InChI is InChI=1S/C27H30F3N5O/c1-4-21(17-11-18(27(28,29)30)13-19(31)12-17)34-24-20-15-35(23(36)14-22(20)32-16(2)33-24)26-8-5-25(3,6-9-26)7-10-26/h4,11-15,21H,1,5-10,31H2,2-3H3,(H,32,33,34). The van der Waals surface area contributed by atoms with E-state index in [1.165, 1.54) is 18.2 Å². The zero-order valence-electron chi connectivity index (χ0n) is 20.5. The smallest absolute Gasteiger partial charge is 0.399 e. The first-order valence-electron chi connectivity index (χ1n) is 12.2. The van der Waals surface area contributed by atoms with Crippen LogP contribution in [0.1, 0.15) is 68.4 Å². The van der Waals surface area contributed by atoms with Gasteiger partial charge in [0.1, 0.15) is 11.6 Å². The summed E-state index contributed by atoms with van der Waals surface area (Å²) < 4.78 is 42.1. The van der Waals surface area contributed by atoms with E-state index in [4.69, 9.17) is 5.73 Å². The number of nitrogens with zero attached hydrogens (tertiary/aromatic N) is 3. The lowest BCUT2D eigenvalue weighted by Crippen LogP contribution is -2.50. The maximum atomic E-state index is 13.4. The zero-order chi connectivity index (χ0) is 25.9.